The third-order valence-electron chi connectivity index (χ3n) is 3.33. The van der Waals surface area contributed by atoms with Gasteiger partial charge < -0.3 is 0 Å². The minimum atomic E-state index is 0.408. The molecule has 2 aliphatic rings. The molecule has 2 heterocycles. The zero-order valence-corrected chi connectivity index (χ0v) is 19.1. The summed E-state index contributed by atoms with van der Waals surface area (Å²) in [7, 11) is 0. The lowest BCUT2D eigenvalue weighted by atomic mass is 10.1. The lowest BCUT2D eigenvalue weighted by molar-refractivity contribution is 1.23. The average molecular weight is 475 g/mol. The van der Waals surface area contributed by atoms with E-state index in [0.29, 0.717) is 24.0 Å². The van der Waals surface area contributed by atoms with Gasteiger partial charge in [-0.25, -0.2) is 0 Å². The van der Waals surface area contributed by atoms with Crippen molar-refractivity contribution in [2.24, 2.45) is 0 Å². The highest BCUT2D eigenvalue weighted by atomic mass is 32.3. The molecule has 0 saturated carbocycles. The number of hydrogen-bond acceptors (Lipinski definition) is 10. The van der Waals surface area contributed by atoms with Crippen molar-refractivity contribution in [2.75, 3.05) is 11.5 Å². The molecule has 0 N–H and O–H groups in total. The highest BCUT2D eigenvalue weighted by Crippen LogP contribution is 2.64. The normalized spacial score (nSPS) is 15.0. The highest BCUT2D eigenvalue weighted by Gasteiger charge is 2.29. The Morgan fingerprint density at radius 1 is 0.679 bits per heavy atom. The van der Waals surface area contributed by atoms with Crippen molar-refractivity contribution < 1.29 is 0 Å². The first-order chi connectivity index (χ1) is 13.7. The first kappa shape index (κ1) is 21.5. The van der Waals surface area contributed by atoms with Crippen LogP contribution < -0.4 is 0 Å². The molecule has 0 spiro atoms. The molecule has 0 bridgehead atoms. The monoisotopic (exact) mass is 474 g/mol. The summed E-state index contributed by atoms with van der Waals surface area (Å²) < 4.78 is 4.72. The lowest BCUT2D eigenvalue weighted by Crippen LogP contribution is -1.84. The van der Waals surface area contributed by atoms with Crippen molar-refractivity contribution >= 4 is 70.6 Å². The predicted molar refractivity (Wildman–Crippen MR) is 122 cm³/mol. The van der Waals surface area contributed by atoms with Crippen LogP contribution in [0.25, 0.3) is 0 Å². The molecular formula is C18H10N4S6. The number of nitriles is 4. The summed E-state index contributed by atoms with van der Waals surface area (Å²) in [6.07, 6.45) is 1.01. The average Bonchev–Trinajstić information content (AvgIpc) is 3.30. The quantitative estimate of drug-likeness (QED) is 0.417. The molecule has 4 nitrogen and oxygen atoms in total. The highest BCUT2D eigenvalue weighted by molar-refractivity contribution is 8.42. The fourth-order valence-corrected chi connectivity index (χ4v) is 10.6. The van der Waals surface area contributed by atoms with Gasteiger partial charge in [0, 0.05) is 34.1 Å². The number of hydrogen-bond donors (Lipinski definition) is 0. The van der Waals surface area contributed by atoms with Gasteiger partial charge in [0.15, 0.2) is 0 Å². The summed E-state index contributed by atoms with van der Waals surface area (Å²) in [6.45, 7) is 0. The molecule has 1 aromatic carbocycles. The molecule has 0 saturated heterocycles. The summed E-state index contributed by atoms with van der Waals surface area (Å²) in [5.74, 6) is 1.50. The Morgan fingerprint density at radius 2 is 1.11 bits per heavy atom. The number of thioether (sulfide) groups is 6. The van der Waals surface area contributed by atoms with Gasteiger partial charge in [0.05, 0.1) is 40.2 Å². The van der Waals surface area contributed by atoms with E-state index in [4.69, 9.17) is 10.5 Å². The second-order valence-electron chi connectivity index (χ2n) is 5.14. The molecule has 2 aliphatic heterocycles. The van der Waals surface area contributed by atoms with Crippen molar-refractivity contribution in [1.82, 2.24) is 0 Å². The van der Waals surface area contributed by atoms with E-state index in [1.54, 1.807) is 82.7 Å². The number of nitrogens with zero attached hydrogens (tertiary/aromatic N) is 4. The van der Waals surface area contributed by atoms with Crippen LogP contribution in [0.4, 0.5) is 0 Å². The Balaban J connectivity index is 1.79. The SMILES string of the molecule is N#CCCSC1=C(SCCC#N)SC(=C2Sc3cc(C#N)c(C#N)cc3S2)S1. The van der Waals surface area contributed by atoms with Crippen LogP contribution in [0, 0.1) is 45.3 Å². The fraction of sp³-hybridized carbons (Fsp3) is 0.222. The van der Waals surface area contributed by atoms with Crippen molar-refractivity contribution in [3.8, 4) is 24.3 Å². The molecule has 0 radical (unpaired) electrons. The van der Waals surface area contributed by atoms with Crippen LogP contribution in [-0.4, -0.2) is 11.5 Å². The van der Waals surface area contributed by atoms with Crippen molar-refractivity contribution in [2.45, 2.75) is 22.6 Å². The van der Waals surface area contributed by atoms with Crippen LogP contribution in [0.1, 0.15) is 24.0 Å². The van der Waals surface area contributed by atoms with E-state index in [1.807, 2.05) is 0 Å². The maximum atomic E-state index is 9.24. The van der Waals surface area contributed by atoms with Crippen LogP contribution >= 0.6 is 70.6 Å². The third kappa shape index (κ3) is 5.02. The van der Waals surface area contributed by atoms with E-state index >= 15 is 0 Å². The molecule has 138 valence electrons. The second-order valence-corrected chi connectivity index (χ2v) is 12.5. The molecule has 0 amide bonds. The zero-order chi connectivity index (χ0) is 19.9. The van der Waals surface area contributed by atoms with Crippen LogP contribution in [0.2, 0.25) is 0 Å². The molecule has 3 rings (SSSR count). The van der Waals surface area contributed by atoms with E-state index in [1.165, 1.54) is 12.7 Å². The summed E-state index contributed by atoms with van der Waals surface area (Å²) in [6, 6.07) is 12.1. The number of fused-ring (bicyclic) bond motifs is 1. The van der Waals surface area contributed by atoms with Crippen LogP contribution in [0.5, 0.6) is 0 Å². The van der Waals surface area contributed by atoms with E-state index in [-0.39, 0.29) is 0 Å². The van der Waals surface area contributed by atoms with Gasteiger partial charge >= 0.3 is 0 Å². The molecule has 10 heteroatoms. The standard InChI is InChI=1S/C18H10N4S6/c19-3-1-5-23-15-16(24-6-2-4-20)28-18(27-15)17-25-13-7-11(9-21)12(10-22)8-14(13)26-17/h7-8H,1-2,5-6H2. The number of benzene rings is 1. The van der Waals surface area contributed by atoms with Crippen molar-refractivity contribution in [3.05, 3.63) is 40.2 Å². The minimum absolute atomic E-state index is 0.408. The van der Waals surface area contributed by atoms with Crippen LogP contribution in [0.15, 0.2) is 38.9 Å². The van der Waals surface area contributed by atoms with Gasteiger partial charge in [-0.2, -0.15) is 21.0 Å². The Labute approximate surface area is 189 Å². The molecule has 0 atom stereocenters. The second kappa shape index (κ2) is 10.5. The molecule has 1 aromatic rings. The Hall–Kier alpha value is -1.24. The van der Waals surface area contributed by atoms with Gasteiger partial charge in [-0.3, -0.25) is 0 Å². The maximum absolute atomic E-state index is 9.24. The molecule has 28 heavy (non-hydrogen) atoms. The lowest BCUT2D eigenvalue weighted by Gasteiger charge is -2.01. The van der Waals surface area contributed by atoms with Gasteiger partial charge in [-0.1, -0.05) is 47.0 Å². The Bertz CT molecular complexity index is 953. The maximum Gasteiger partial charge on any atom is 0.101 e. The topological polar surface area (TPSA) is 95.2 Å². The Morgan fingerprint density at radius 3 is 1.50 bits per heavy atom. The van der Waals surface area contributed by atoms with Gasteiger partial charge in [0.25, 0.3) is 0 Å². The van der Waals surface area contributed by atoms with Crippen molar-refractivity contribution in [1.29, 1.82) is 21.0 Å². The smallest absolute Gasteiger partial charge is 0.101 e. The van der Waals surface area contributed by atoms with Gasteiger partial charge in [-0.05, 0) is 12.1 Å². The van der Waals surface area contributed by atoms with Crippen molar-refractivity contribution in [3.63, 3.8) is 0 Å². The molecule has 0 fully saturated rings. The molecular weight excluding hydrogens is 465 g/mol. The molecule has 0 unspecified atom stereocenters. The summed E-state index contributed by atoms with van der Waals surface area (Å²) in [4.78, 5) is 2.02. The number of rotatable bonds is 6. The van der Waals surface area contributed by atoms with Gasteiger partial charge in [0.2, 0.25) is 0 Å². The molecule has 0 aliphatic carbocycles. The fourth-order valence-electron chi connectivity index (χ4n) is 2.12. The Kier molecular flexibility index (Phi) is 8.06. The summed E-state index contributed by atoms with van der Waals surface area (Å²) in [5, 5.41) is 36.1. The van der Waals surface area contributed by atoms with Gasteiger partial charge in [0.1, 0.15) is 12.1 Å². The van der Waals surface area contributed by atoms with E-state index in [2.05, 4.69) is 24.3 Å². The van der Waals surface area contributed by atoms with E-state index < -0.39 is 0 Å². The third-order valence-corrected chi connectivity index (χ3v) is 11.9. The van der Waals surface area contributed by atoms with Crippen LogP contribution in [-0.2, 0) is 0 Å². The van der Waals surface area contributed by atoms with Gasteiger partial charge in [-0.15, -0.1) is 23.5 Å². The first-order valence-corrected chi connectivity index (χ1v) is 13.1. The first-order valence-electron chi connectivity index (χ1n) is 7.87. The zero-order valence-electron chi connectivity index (χ0n) is 14.2. The minimum Gasteiger partial charge on any atom is -0.198 e. The van der Waals surface area contributed by atoms with E-state index in [0.717, 1.165) is 25.5 Å². The summed E-state index contributed by atoms with van der Waals surface area (Å²) in [5.41, 5.74) is 0.817. The largest absolute Gasteiger partial charge is 0.198 e. The van der Waals surface area contributed by atoms with E-state index in [9.17, 15) is 10.5 Å². The summed E-state index contributed by atoms with van der Waals surface area (Å²) >= 11 is 10.1. The molecule has 0 aromatic heterocycles. The van der Waals surface area contributed by atoms with Crippen LogP contribution in [0.3, 0.4) is 0 Å². The predicted octanol–water partition coefficient (Wildman–Crippen LogP) is 6.65.